The Hall–Kier alpha value is -0.620. The fourth-order valence-corrected chi connectivity index (χ4v) is 2.11. The van der Waals surface area contributed by atoms with Crippen LogP contribution in [0.5, 0.6) is 0 Å². The van der Waals surface area contributed by atoms with E-state index >= 15 is 0 Å². The molecular formula is C10H22N2O3S. The molecule has 0 aliphatic rings. The minimum absolute atomic E-state index is 0.187. The molecule has 0 radical (unpaired) electrons. The van der Waals surface area contributed by atoms with E-state index < -0.39 is 16.1 Å². The smallest absolute Gasteiger partial charge is 0.274 e. The molecule has 0 aliphatic carbocycles. The van der Waals surface area contributed by atoms with Crippen molar-refractivity contribution in [3.05, 3.63) is 0 Å². The molecule has 0 bridgehead atoms. The van der Waals surface area contributed by atoms with E-state index in [0.717, 1.165) is 4.31 Å². The average Bonchev–Trinajstić information content (AvgIpc) is 1.99. The molecule has 1 amide bonds. The van der Waals surface area contributed by atoms with Gasteiger partial charge in [0, 0.05) is 20.0 Å². The highest BCUT2D eigenvalue weighted by atomic mass is 32.2. The summed E-state index contributed by atoms with van der Waals surface area (Å²) < 4.78 is 26.4. The molecule has 0 unspecified atom stereocenters. The Kier molecular flexibility index (Phi) is 5.41. The Morgan fingerprint density at radius 1 is 1.31 bits per heavy atom. The standard InChI is InChI=1S/C10H22N2O3S/c1-6-7-12(5)16(14,15)11-9(13)8-10(2,3)4/h6-8H2,1-5H3,(H,11,13). The van der Waals surface area contributed by atoms with Crippen LogP contribution in [0.15, 0.2) is 0 Å². The highest BCUT2D eigenvalue weighted by Gasteiger charge is 2.23. The number of rotatable bonds is 5. The molecule has 0 spiro atoms. The molecule has 0 fully saturated rings. The number of carbonyl (C=O) groups is 1. The van der Waals surface area contributed by atoms with Gasteiger partial charge in [-0.25, -0.2) is 4.72 Å². The van der Waals surface area contributed by atoms with Crippen LogP contribution in [0.1, 0.15) is 40.5 Å². The molecule has 0 saturated heterocycles. The molecule has 16 heavy (non-hydrogen) atoms. The number of hydrogen-bond donors (Lipinski definition) is 1. The largest absolute Gasteiger partial charge is 0.303 e. The molecule has 0 rings (SSSR count). The van der Waals surface area contributed by atoms with E-state index in [1.807, 2.05) is 27.7 Å². The number of nitrogens with one attached hydrogen (secondary N) is 1. The molecule has 0 heterocycles. The van der Waals surface area contributed by atoms with Crippen molar-refractivity contribution in [3.8, 4) is 0 Å². The van der Waals surface area contributed by atoms with Crippen molar-refractivity contribution < 1.29 is 13.2 Å². The molecule has 0 aromatic heterocycles. The van der Waals surface area contributed by atoms with Gasteiger partial charge in [0.1, 0.15) is 0 Å². The molecule has 0 aromatic carbocycles. The molecule has 0 aliphatic heterocycles. The Morgan fingerprint density at radius 3 is 2.19 bits per heavy atom. The van der Waals surface area contributed by atoms with Crippen LogP contribution in [0, 0.1) is 5.41 Å². The zero-order chi connectivity index (χ0) is 13.0. The molecule has 1 N–H and O–H groups in total. The normalized spacial score (nSPS) is 12.9. The van der Waals surface area contributed by atoms with Gasteiger partial charge in [-0.2, -0.15) is 12.7 Å². The Balaban J connectivity index is 4.43. The van der Waals surface area contributed by atoms with Crippen molar-refractivity contribution in [2.45, 2.75) is 40.5 Å². The van der Waals surface area contributed by atoms with E-state index in [1.165, 1.54) is 7.05 Å². The van der Waals surface area contributed by atoms with Gasteiger partial charge in [-0.05, 0) is 11.8 Å². The third kappa shape index (κ3) is 6.07. The van der Waals surface area contributed by atoms with Crippen LogP contribution in [0.4, 0.5) is 0 Å². The molecule has 5 nitrogen and oxygen atoms in total. The number of hydrogen-bond acceptors (Lipinski definition) is 3. The number of carbonyl (C=O) groups excluding carboxylic acids is 1. The number of nitrogens with zero attached hydrogens (tertiary/aromatic N) is 1. The summed E-state index contributed by atoms with van der Waals surface area (Å²) in [5.41, 5.74) is -0.219. The molecule has 0 atom stereocenters. The lowest BCUT2D eigenvalue weighted by Crippen LogP contribution is -2.42. The van der Waals surface area contributed by atoms with E-state index in [4.69, 9.17) is 0 Å². The Morgan fingerprint density at radius 2 is 1.81 bits per heavy atom. The van der Waals surface area contributed by atoms with Gasteiger partial charge in [0.05, 0.1) is 0 Å². The number of amides is 1. The van der Waals surface area contributed by atoms with Gasteiger partial charge in [0.25, 0.3) is 0 Å². The minimum atomic E-state index is -3.66. The second-order valence-corrected chi connectivity index (χ2v) is 6.87. The van der Waals surface area contributed by atoms with Crippen molar-refractivity contribution in [1.29, 1.82) is 0 Å². The minimum Gasteiger partial charge on any atom is -0.274 e. The summed E-state index contributed by atoms with van der Waals surface area (Å²) in [4.78, 5) is 11.5. The van der Waals surface area contributed by atoms with Crippen molar-refractivity contribution in [3.63, 3.8) is 0 Å². The first-order chi connectivity index (χ1) is 7.08. The Labute approximate surface area is 98.4 Å². The summed E-state index contributed by atoms with van der Waals surface area (Å²) in [5.74, 6) is -0.463. The van der Waals surface area contributed by atoms with Crippen molar-refractivity contribution >= 4 is 16.1 Å². The third-order valence-corrected chi connectivity index (χ3v) is 3.37. The summed E-state index contributed by atoms with van der Waals surface area (Å²) in [6, 6.07) is 0. The summed E-state index contributed by atoms with van der Waals surface area (Å²) in [6.45, 7) is 7.93. The second kappa shape index (κ2) is 5.63. The lowest BCUT2D eigenvalue weighted by atomic mass is 9.92. The average molecular weight is 250 g/mol. The van der Waals surface area contributed by atoms with Gasteiger partial charge in [0.2, 0.25) is 5.91 Å². The van der Waals surface area contributed by atoms with Crippen LogP contribution in [-0.4, -0.2) is 32.2 Å². The van der Waals surface area contributed by atoms with Crippen LogP contribution in [0.3, 0.4) is 0 Å². The Bertz CT molecular complexity index is 330. The van der Waals surface area contributed by atoms with Gasteiger partial charge >= 0.3 is 10.2 Å². The monoisotopic (exact) mass is 250 g/mol. The van der Waals surface area contributed by atoms with Crippen molar-refractivity contribution in [2.75, 3.05) is 13.6 Å². The van der Waals surface area contributed by atoms with Gasteiger partial charge in [-0.3, -0.25) is 4.79 Å². The topological polar surface area (TPSA) is 66.5 Å². The van der Waals surface area contributed by atoms with Gasteiger partial charge in [0.15, 0.2) is 0 Å². The van der Waals surface area contributed by atoms with E-state index in [2.05, 4.69) is 4.72 Å². The van der Waals surface area contributed by atoms with Gasteiger partial charge < -0.3 is 0 Å². The van der Waals surface area contributed by atoms with E-state index in [9.17, 15) is 13.2 Å². The second-order valence-electron chi connectivity index (χ2n) is 5.09. The summed E-state index contributed by atoms with van der Waals surface area (Å²) in [7, 11) is -2.21. The van der Waals surface area contributed by atoms with Crippen LogP contribution >= 0.6 is 0 Å². The van der Waals surface area contributed by atoms with E-state index in [-0.39, 0.29) is 11.8 Å². The third-order valence-electron chi connectivity index (χ3n) is 1.88. The van der Waals surface area contributed by atoms with Crippen LogP contribution in [0.2, 0.25) is 0 Å². The molecule has 0 aromatic rings. The summed E-state index contributed by atoms with van der Waals surface area (Å²) in [5, 5.41) is 0. The zero-order valence-electron chi connectivity index (χ0n) is 10.7. The maximum absolute atomic E-state index is 11.6. The molecular weight excluding hydrogens is 228 g/mol. The lowest BCUT2D eigenvalue weighted by Gasteiger charge is -2.20. The predicted molar refractivity (Wildman–Crippen MR) is 64.1 cm³/mol. The highest BCUT2D eigenvalue weighted by Crippen LogP contribution is 2.18. The predicted octanol–water partition coefficient (Wildman–Crippen LogP) is 1.13. The summed E-state index contributed by atoms with van der Waals surface area (Å²) in [6.07, 6.45) is 0.900. The molecule has 0 saturated carbocycles. The van der Waals surface area contributed by atoms with Gasteiger partial charge in [-0.1, -0.05) is 27.7 Å². The first-order valence-electron chi connectivity index (χ1n) is 5.35. The molecule has 96 valence electrons. The molecule has 6 heteroatoms. The zero-order valence-corrected chi connectivity index (χ0v) is 11.5. The van der Waals surface area contributed by atoms with Gasteiger partial charge in [-0.15, -0.1) is 0 Å². The van der Waals surface area contributed by atoms with E-state index in [0.29, 0.717) is 13.0 Å². The maximum atomic E-state index is 11.6. The first kappa shape index (κ1) is 15.4. The summed E-state index contributed by atoms with van der Waals surface area (Å²) >= 11 is 0. The van der Waals surface area contributed by atoms with Crippen LogP contribution in [0.25, 0.3) is 0 Å². The van der Waals surface area contributed by atoms with Crippen LogP contribution < -0.4 is 4.72 Å². The van der Waals surface area contributed by atoms with Crippen LogP contribution in [-0.2, 0) is 15.0 Å². The maximum Gasteiger partial charge on any atom is 0.303 e. The van der Waals surface area contributed by atoms with Crippen molar-refractivity contribution in [1.82, 2.24) is 9.03 Å². The first-order valence-corrected chi connectivity index (χ1v) is 6.79. The lowest BCUT2D eigenvalue weighted by molar-refractivity contribution is -0.121. The fourth-order valence-electron chi connectivity index (χ4n) is 1.17. The van der Waals surface area contributed by atoms with E-state index in [1.54, 1.807) is 0 Å². The van der Waals surface area contributed by atoms with Crippen molar-refractivity contribution in [2.24, 2.45) is 5.41 Å². The SMILES string of the molecule is CCCN(C)S(=O)(=O)NC(=O)CC(C)(C)C. The fraction of sp³-hybridized carbons (Fsp3) is 0.900. The highest BCUT2D eigenvalue weighted by molar-refractivity contribution is 7.87. The quantitative estimate of drug-likeness (QED) is 0.795.